The van der Waals surface area contributed by atoms with Gasteiger partial charge in [-0.1, -0.05) is 19.8 Å². The molecule has 0 aromatic carbocycles. The third kappa shape index (κ3) is 5.24. The first-order chi connectivity index (χ1) is 6.36. The molecule has 0 spiro atoms. The third-order valence-electron chi connectivity index (χ3n) is 2.51. The van der Waals surface area contributed by atoms with Crippen molar-refractivity contribution in [1.29, 1.82) is 0 Å². The van der Waals surface area contributed by atoms with Gasteiger partial charge >= 0.3 is 0 Å². The van der Waals surface area contributed by atoms with Crippen LogP contribution >= 0.6 is 0 Å². The normalized spacial score (nSPS) is 18.9. The Balaban J connectivity index is 1.94. The predicted octanol–water partition coefficient (Wildman–Crippen LogP) is 1.44. The Morgan fingerprint density at radius 1 is 1.46 bits per heavy atom. The Bertz CT molecular complexity index is 126. The van der Waals surface area contributed by atoms with Crippen molar-refractivity contribution in [2.24, 2.45) is 11.8 Å². The lowest BCUT2D eigenvalue weighted by Gasteiger charge is -2.14. The van der Waals surface area contributed by atoms with Crippen molar-refractivity contribution in [3.63, 3.8) is 0 Å². The molecule has 3 heteroatoms. The van der Waals surface area contributed by atoms with Crippen molar-refractivity contribution in [2.75, 3.05) is 13.2 Å². The van der Waals surface area contributed by atoms with Gasteiger partial charge in [-0.05, 0) is 25.2 Å². The molecule has 1 unspecified atom stereocenters. The number of hydrogen-bond donors (Lipinski definition) is 2. The van der Waals surface area contributed by atoms with E-state index in [1.54, 1.807) is 0 Å². The SMILES string of the molecule is CCCOCCC(CC1CC1)NN. The average Bonchev–Trinajstić information content (AvgIpc) is 2.94. The van der Waals surface area contributed by atoms with Crippen LogP contribution in [0.25, 0.3) is 0 Å². The first-order valence-electron chi connectivity index (χ1n) is 5.40. The second-order valence-electron chi connectivity index (χ2n) is 3.94. The van der Waals surface area contributed by atoms with Crippen molar-refractivity contribution in [2.45, 2.75) is 45.1 Å². The summed E-state index contributed by atoms with van der Waals surface area (Å²) in [5, 5.41) is 0. The Kier molecular flexibility index (Phi) is 5.35. The molecule has 0 aromatic heterocycles. The highest BCUT2D eigenvalue weighted by Crippen LogP contribution is 2.33. The first-order valence-corrected chi connectivity index (χ1v) is 5.40. The molecule has 78 valence electrons. The zero-order chi connectivity index (χ0) is 9.52. The van der Waals surface area contributed by atoms with E-state index in [0.717, 1.165) is 32.0 Å². The minimum absolute atomic E-state index is 0.462. The Hall–Kier alpha value is -0.120. The van der Waals surface area contributed by atoms with Crippen molar-refractivity contribution < 1.29 is 4.74 Å². The number of nitrogens with two attached hydrogens (primary N) is 1. The highest BCUT2D eigenvalue weighted by molar-refractivity contribution is 4.78. The van der Waals surface area contributed by atoms with Gasteiger partial charge in [0.15, 0.2) is 0 Å². The third-order valence-corrected chi connectivity index (χ3v) is 2.51. The molecule has 1 atom stereocenters. The molecule has 0 bridgehead atoms. The van der Waals surface area contributed by atoms with Crippen LogP contribution in [0, 0.1) is 5.92 Å². The highest BCUT2D eigenvalue weighted by Gasteiger charge is 2.24. The molecule has 1 aliphatic carbocycles. The summed E-state index contributed by atoms with van der Waals surface area (Å²) in [6.07, 6.45) is 6.17. The fourth-order valence-corrected chi connectivity index (χ4v) is 1.50. The summed E-state index contributed by atoms with van der Waals surface area (Å²) in [4.78, 5) is 0. The molecule has 0 amide bonds. The highest BCUT2D eigenvalue weighted by atomic mass is 16.5. The van der Waals surface area contributed by atoms with E-state index in [1.165, 1.54) is 19.3 Å². The average molecular weight is 186 g/mol. The molecule has 0 heterocycles. The van der Waals surface area contributed by atoms with Gasteiger partial charge in [0.2, 0.25) is 0 Å². The van der Waals surface area contributed by atoms with Crippen molar-refractivity contribution in [3.8, 4) is 0 Å². The smallest absolute Gasteiger partial charge is 0.0481 e. The Morgan fingerprint density at radius 2 is 2.23 bits per heavy atom. The lowest BCUT2D eigenvalue weighted by atomic mass is 10.1. The Morgan fingerprint density at radius 3 is 2.77 bits per heavy atom. The van der Waals surface area contributed by atoms with Gasteiger partial charge in [-0.3, -0.25) is 11.3 Å². The van der Waals surface area contributed by atoms with Crippen LogP contribution in [-0.2, 0) is 4.74 Å². The van der Waals surface area contributed by atoms with E-state index in [4.69, 9.17) is 10.6 Å². The van der Waals surface area contributed by atoms with Gasteiger partial charge in [0.1, 0.15) is 0 Å². The summed E-state index contributed by atoms with van der Waals surface area (Å²) < 4.78 is 5.42. The van der Waals surface area contributed by atoms with Crippen LogP contribution in [0.5, 0.6) is 0 Å². The summed E-state index contributed by atoms with van der Waals surface area (Å²) in [5.41, 5.74) is 2.87. The van der Waals surface area contributed by atoms with Crippen LogP contribution in [0.1, 0.15) is 39.0 Å². The molecule has 1 saturated carbocycles. The van der Waals surface area contributed by atoms with Crippen LogP contribution < -0.4 is 11.3 Å². The number of nitrogens with one attached hydrogen (secondary N) is 1. The van der Waals surface area contributed by atoms with Crippen LogP contribution in [0.3, 0.4) is 0 Å². The van der Waals surface area contributed by atoms with E-state index in [1.807, 2.05) is 0 Å². The first kappa shape index (κ1) is 11.0. The summed E-state index contributed by atoms with van der Waals surface area (Å²) in [6, 6.07) is 0.462. The number of ether oxygens (including phenoxy) is 1. The van der Waals surface area contributed by atoms with Gasteiger partial charge in [0.05, 0.1) is 0 Å². The molecule has 0 aromatic rings. The van der Waals surface area contributed by atoms with Crippen LogP contribution in [0.2, 0.25) is 0 Å². The van der Waals surface area contributed by atoms with E-state index in [-0.39, 0.29) is 0 Å². The zero-order valence-corrected chi connectivity index (χ0v) is 8.59. The minimum Gasteiger partial charge on any atom is -0.381 e. The van der Waals surface area contributed by atoms with Gasteiger partial charge < -0.3 is 4.74 Å². The van der Waals surface area contributed by atoms with E-state index in [2.05, 4.69) is 12.3 Å². The van der Waals surface area contributed by atoms with Gasteiger partial charge in [0, 0.05) is 19.3 Å². The predicted molar refractivity (Wildman–Crippen MR) is 54.2 cm³/mol. The van der Waals surface area contributed by atoms with Crippen molar-refractivity contribution in [3.05, 3.63) is 0 Å². The zero-order valence-electron chi connectivity index (χ0n) is 8.59. The lowest BCUT2D eigenvalue weighted by molar-refractivity contribution is 0.123. The molecule has 1 fully saturated rings. The Labute approximate surface area is 81.0 Å². The maximum Gasteiger partial charge on any atom is 0.0481 e. The minimum atomic E-state index is 0.462. The fourth-order valence-electron chi connectivity index (χ4n) is 1.50. The lowest BCUT2D eigenvalue weighted by Crippen LogP contribution is -2.36. The topological polar surface area (TPSA) is 47.3 Å². The second kappa shape index (κ2) is 6.35. The summed E-state index contributed by atoms with van der Waals surface area (Å²) in [6.45, 7) is 3.85. The number of hydrazine groups is 1. The fraction of sp³-hybridized carbons (Fsp3) is 1.00. The molecular formula is C10H22N2O. The summed E-state index contributed by atoms with van der Waals surface area (Å²) in [5.74, 6) is 6.40. The molecule has 13 heavy (non-hydrogen) atoms. The van der Waals surface area contributed by atoms with Gasteiger partial charge in [-0.2, -0.15) is 0 Å². The monoisotopic (exact) mass is 186 g/mol. The number of hydrogen-bond acceptors (Lipinski definition) is 3. The molecule has 1 rings (SSSR count). The molecule has 0 radical (unpaired) electrons. The summed E-state index contributed by atoms with van der Waals surface area (Å²) in [7, 11) is 0. The van der Waals surface area contributed by atoms with Gasteiger partial charge in [-0.15, -0.1) is 0 Å². The standard InChI is InChI=1S/C10H22N2O/c1-2-6-13-7-5-10(12-11)8-9-3-4-9/h9-10,12H,2-8,11H2,1H3. The molecule has 0 aliphatic heterocycles. The molecule has 1 aliphatic rings. The van der Waals surface area contributed by atoms with Crippen LogP contribution in [0.4, 0.5) is 0 Å². The second-order valence-corrected chi connectivity index (χ2v) is 3.94. The van der Waals surface area contributed by atoms with E-state index in [0.29, 0.717) is 6.04 Å². The summed E-state index contributed by atoms with van der Waals surface area (Å²) >= 11 is 0. The maximum absolute atomic E-state index is 5.46. The molecule has 3 N–H and O–H groups in total. The van der Waals surface area contributed by atoms with Crippen LogP contribution in [-0.4, -0.2) is 19.3 Å². The molecular weight excluding hydrogens is 164 g/mol. The van der Waals surface area contributed by atoms with E-state index < -0.39 is 0 Å². The quantitative estimate of drug-likeness (QED) is 0.342. The van der Waals surface area contributed by atoms with Crippen LogP contribution in [0.15, 0.2) is 0 Å². The largest absolute Gasteiger partial charge is 0.381 e. The van der Waals surface area contributed by atoms with Gasteiger partial charge in [0.25, 0.3) is 0 Å². The van der Waals surface area contributed by atoms with Crippen molar-refractivity contribution >= 4 is 0 Å². The maximum atomic E-state index is 5.46. The molecule has 3 nitrogen and oxygen atoms in total. The van der Waals surface area contributed by atoms with Gasteiger partial charge in [-0.25, -0.2) is 0 Å². The molecule has 0 saturated heterocycles. The number of rotatable bonds is 8. The van der Waals surface area contributed by atoms with E-state index in [9.17, 15) is 0 Å². The van der Waals surface area contributed by atoms with E-state index >= 15 is 0 Å². The van der Waals surface area contributed by atoms with Crippen molar-refractivity contribution in [1.82, 2.24) is 5.43 Å².